The molecule has 0 atom stereocenters. The van der Waals surface area contributed by atoms with Crippen LogP contribution in [-0.2, 0) is 4.79 Å². The largest absolute Gasteiger partial charge is 0.389 e. The van der Waals surface area contributed by atoms with Crippen LogP contribution < -0.4 is 11.1 Å². The van der Waals surface area contributed by atoms with Crippen LogP contribution in [0.15, 0.2) is 24.3 Å². The van der Waals surface area contributed by atoms with E-state index in [9.17, 15) is 14.3 Å². The maximum Gasteiger partial charge on any atom is 0.227 e. The van der Waals surface area contributed by atoms with Gasteiger partial charge in [0.1, 0.15) is 5.82 Å². The predicted molar refractivity (Wildman–Crippen MR) is 71.0 cm³/mol. The molecule has 1 fully saturated rings. The van der Waals surface area contributed by atoms with Crippen molar-refractivity contribution in [3.63, 3.8) is 0 Å². The molecule has 0 aromatic heterocycles. The molecule has 2 rings (SSSR count). The number of nitrogens with one attached hydrogen (secondary N) is 1. The van der Waals surface area contributed by atoms with Gasteiger partial charge in [-0.2, -0.15) is 0 Å². The molecule has 0 spiro atoms. The van der Waals surface area contributed by atoms with Crippen molar-refractivity contribution in [1.82, 2.24) is 0 Å². The molecule has 1 aromatic rings. The third-order valence-corrected chi connectivity index (χ3v) is 3.76. The van der Waals surface area contributed by atoms with Crippen molar-refractivity contribution in [3.8, 4) is 0 Å². The van der Waals surface area contributed by atoms with E-state index in [1.54, 1.807) is 12.1 Å². The second-order valence-electron chi connectivity index (χ2n) is 5.20. The minimum Gasteiger partial charge on any atom is -0.389 e. The summed E-state index contributed by atoms with van der Waals surface area (Å²) in [5.74, 6) is -0.640. The van der Waals surface area contributed by atoms with E-state index in [-0.39, 0.29) is 24.2 Å². The van der Waals surface area contributed by atoms with Gasteiger partial charge < -0.3 is 16.2 Å². The molecule has 1 aliphatic carbocycles. The fourth-order valence-corrected chi connectivity index (χ4v) is 2.43. The number of aliphatic hydroxyl groups is 1. The van der Waals surface area contributed by atoms with E-state index in [4.69, 9.17) is 5.73 Å². The minimum atomic E-state index is -0.824. The lowest BCUT2D eigenvalue weighted by Gasteiger charge is -2.34. The summed E-state index contributed by atoms with van der Waals surface area (Å²) in [7, 11) is 0. The average molecular weight is 266 g/mol. The van der Waals surface area contributed by atoms with E-state index in [1.165, 1.54) is 12.1 Å². The third-order valence-electron chi connectivity index (χ3n) is 3.76. The quantitative estimate of drug-likeness (QED) is 0.778. The van der Waals surface area contributed by atoms with Gasteiger partial charge in [0.2, 0.25) is 5.91 Å². The maximum atomic E-state index is 13.0. The molecule has 5 heteroatoms. The Balaban J connectivity index is 1.92. The number of halogens is 1. The summed E-state index contributed by atoms with van der Waals surface area (Å²) in [6.07, 6.45) is 2.28. The maximum absolute atomic E-state index is 13.0. The van der Waals surface area contributed by atoms with Crippen LogP contribution >= 0.6 is 0 Å². The zero-order valence-corrected chi connectivity index (χ0v) is 10.7. The molecular formula is C14H19FN2O2. The van der Waals surface area contributed by atoms with Crippen molar-refractivity contribution in [2.24, 2.45) is 11.7 Å². The molecule has 1 amide bonds. The summed E-state index contributed by atoms with van der Waals surface area (Å²) in [4.78, 5) is 12.0. The Bertz CT molecular complexity index is 457. The van der Waals surface area contributed by atoms with Gasteiger partial charge in [-0.05, 0) is 43.9 Å². The second kappa shape index (κ2) is 5.67. The highest BCUT2D eigenvalue weighted by Crippen LogP contribution is 2.32. The van der Waals surface area contributed by atoms with E-state index in [2.05, 4.69) is 5.32 Å². The number of rotatable bonds is 3. The van der Waals surface area contributed by atoms with Gasteiger partial charge in [0.25, 0.3) is 0 Å². The highest BCUT2D eigenvalue weighted by molar-refractivity contribution is 5.92. The normalized spacial score (nSPS) is 27.0. The Morgan fingerprint density at radius 3 is 2.74 bits per heavy atom. The molecule has 1 aliphatic rings. The number of carbonyl (C=O) groups excluding carboxylic acids is 1. The van der Waals surface area contributed by atoms with Crippen LogP contribution in [0.5, 0.6) is 0 Å². The number of anilines is 1. The summed E-state index contributed by atoms with van der Waals surface area (Å²) in [6.45, 7) is 0.227. The molecule has 0 radical (unpaired) electrons. The van der Waals surface area contributed by atoms with Crippen molar-refractivity contribution >= 4 is 11.6 Å². The van der Waals surface area contributed by atoms with Gasteiger partial charge in [-0.25, -0.2) is 4.39 Å². The summed E-state index contributed by atoms with van der Waals surface area (Å²) >= 11 is 0. The standard InChI is InChI=1S/C14H19FN2O2/c15-11-2-1-3-12(8-11)17-13(18)10-4-6-14(19,9-16)7-5-10/h1-3,8,10,19H,4-7,9,16H2,(H,17,18). The molecule has 4 nitrogen and oxygen atoms in total. The first kappa shape index (κ1) is 14.0. The fourth-order valence-electron chi connectivity index (χ4n) is 2.43. The molecule has 19 heavy (non-hydrogen) atoms. The van der Waals surface area contributed by atoms with Crippen molar-refractivity contribution in [1.29, 1.82) is 0 Å². The second-order valence-corrected chi connectivity index (χ2v) is 5.20. The monoisotopic (exact) mass is 266 g/mol. The number of carbonyl (C=O) groups is 1. The number of benzene rings is 1. The number of hydrogen-bond acceptors (Lipinski definition) is 3. The van der Waals surface area contributed by atoms with E-state index in [1.807, 2.05) is 0 Å². The van der Waals surface area contributed by atoms with Crippen LogP contribution in [0.2, 0.25) is 0 Å². The Hall–Kier alpha value is -1.46. The number of hydrogen-bond donors (Lipinski definition) is 3. The van der Waals surface area contributed by atoms with E-state index in [0.29, 0.717) is 31.4 Å². The Kier molecular flexibility index (Phi) is 4.17. The lowest BCUT2D eigenvalue weighted by molar-refractivity contribution is -0.122. The van der Waals surface area contributed by atoms with Crippen molar-refractivity contribution in [2.45, 2.75) is 31.3 Å². The Morgan fingerprint density at radius 1 is 1.47 bits per heavy atom. The number of amides is 1. The van der Waals surface area contributed by atoms with Crippen LogP contribution in [-0.4, -0.2) is 23.2 Å². The summed E-state index contributed by atoms with van der Waals surface area (Å²) in [5.41, 5.74) is 5.15. The molecule has 1 aromatic carbocycles. The SMILES string of the molecule is NCC1(O)CCC(C(=O)Nc2cccc(F)c2)CC1. The summed E-state index contributed by atoms with van der Waals surface area (Å²) < 4.78 is 13.0. The molecule has 0 aliphatic heterocycles. The smallest absolute Gasteiger partial charge is 0.227 e. The average Bonchev–Trinajstić information content (AvgIpc) is 2.39. The molecular weight excluding hydrogens is 247 g/mol. The highest BCUT2D eigenvalue weighted by Gasteiger charge is 2.34. The van der Waals surface area contributed by atoms with Gasteiger partial charge in [-0.15, -0.1) is 0 Å². The first-order valence-corrected chi connectivity index (χ1v) is 6.51. The van der Waals surface area contributed by atoms with Gasteiger partial charge in [-0.1, -0.05) is 6.07 Å². The molecule has 4 N–H and O–H groups in total. The van der Waals surface area contributed by atoms with E-state index in [0.717, 1.165) is 0 Å². The lowest BCUT2D eigenvalue weighted by Crippen LogP contribution is -2.43. The van der Waals surface area contributed by atoms with E-state index >= 15 is 0 Å². The molecule has 0 bridgehead atoms. The van der Waals surface area contributed by atoms with Gasteiger partial charge in [0.15, 0.2) is 0 Å². The van der Waals surface area contributed by atoms with Crippen LogP contribution in [0.25, 0.3) is 0 Å². The molecule has 0 unspecified atom stereocenters. The number of nitrogens with two attached hydrogens (primary N) is 1. The third kappa shape index (κ3) is 3.52. The molecule has 104 valence electrons. The van der Waals surface area contributed by atoms with Crippen molar-refractivity contribution in [3.05, 3.63) is 30.1 Å². The minimum absolute atomic E-state index is 0.121. The van der Waals surface area contributed by atoms with Gasteiger partial charge >= 0.3 is 0 Å². The molecule has 0 heterocycles. The summed E-state index contributed by atoms with van der Waals surface area (Å²) in [5, 5.41) is 12.7. The van der Waals surface area contributed by atoms with Crippen molar-refractivity contribution < 1.29 is 14.3 Å². The zero-order chi connectivity index (χ0) is 13.9. The van der Waals surface area contributed by atoms with Gasteiger partial charge in [0.05, 0.1) is 5.60 Å². The Morgan fingerprint density at radius 2 is 2.16 bits per heavy atom. The van der Waals surface area contributed by atoms with Gasteiger partial charge in [-0.3, -0.25) is 4.79 Å². The van der Waals surface area contributed by atoms with E-state index < -0.39 is 5.60 Å². The van der Waals surface area contributed by atoms with Crippen LogP contribution in [0.4, 0.5) is 10.1 Å². The fraction of sp³-hybridized carbons (Fsp3) is 0.500. The topological polar surface area (TPSA) is 75.3 Å². The van der Waals surface area contributed by atoms with Gasteiger partial charge in [0, 0.05) is 18.2 Å². The first-order valence-electron chi connectivity index (χ1n) is 6.51. The zero-order valence-electron chi connectivity index (χ0n) is 10.7. The molecule has 0 saturated heterocycles. The van der Waals surface area contributed by atoms with Crippen molar-refractivity contribution in [2.75, 3.05) is 11.9 Å². The van der Waals surface area contributed by atoms with Crippen LogP contribution in [0.3, 0.4) is 0 Å². The first-order chi connectivity index (χ1) is 9.02. The lowest BCUT2D eigenvalue weighted by atomic mass is 9.78. The Labute approximate surface area is 111 Å². The van der Waals surface area contributed by atoms with Crippen LogP contribution in [0.1, 0.15) is 25.7 Å². The predicted octanol–water partition coefficient (Wildman–Crippen LogP) is 1.64. The molecule has 1 saturated carbocycles. The van der Waals surface area contributed by atoms with Crippen LogP contribution in [0, 0.1) is 11.7 Å². The summed E-state index contributed by atoms with van der Waals surface area (Å²) in [6, 6.07) is 5.83. The highest BCUT2D eigenvalue weighted by atomic mass is 19.1.